The van der Waals surface area contributed by atoms with Crippen LogP contribution in [0.25, 0.3) is 11.1 Å². The summed E-state index contributed by atoms with van der Waals surface area (Å²) in [6, 6.07) is 14.7. The van der Waals surface area contributed by atoms with Gasteiger partial charge in [-0.2, -0.15) is 0 Å². The van der Waals surface area contributed by atoms with Gasteiger partial charge in [0.2, 0.25) is 11.8 Å². The highest BCUT2D eigenvalue weighted by Gasteiger charge is 2.43. The molecule has 1 unspecified atom stereocenters. The summed E-state index contributed by atoms with van der Waals surface area (Å²) in [6.07, 6.45) is 0.626. The number of amides is 3. The van der Waals surface area contributed by atoms with Crippen molar-refractivity contribution < 1.29 is 29.0 Å². The Balaban J connectivity index is 1.16. The number of fused-ring (bicyclic) bond motifs is 3. The number of nitrogens with one attached hydrogen (secondary N) is 2. The van der Waals surface area contributed by atoms with Crippen LogP contribution < -0.4 is 10.7 Å². The van der Waals surface area contributed by atoms with Crippen molar-refractivity contribution in [2.24, 2.45) is 5.92 Å². The van der Waals surface area contributed by atoms with Crippen molar-refractivity contribution in [3.8, 4) is 11.1 Å². The largest absolute Gasteiger partial charge is 0.480 e. The van der Waals surface area contributed by atoms with E-state index in [1.807, 2.05) is 24.3 Å². The second-order valence-electron chi connectivity index (χ2n) is 8.98. The maximum absolute atomic E-state index is 12.8. The predicted octanol–water partition coefficient (Wildman–Crippen LogP) is 2.41. The average Bonchev–Trinajstić information content (AvgIpc) is 3.53. The fraction of sp³-hybridized carbons (Fsp3) is 0.360. The molecule has 34 heavy (non-hydrogen) atoms. The van der Waals surface area contributed by atoms with Crippen LogP contribution in [0, 0.1) is 5.92 Å². The molecule has 2 aromatic carbocycles. The Morgan fingerprint density at radius 2 is 1.68 bits per heavy atom. The van der Waals surface area contributed by atoms with Crippen LogP contribution in [0.15, 0.2) is 48.5 Å². The Kier molecular flexibility index (Phi) is 5.69. The zero-order valence-corrected chi connectivity index (χ0v) is 18.4. The summed E-state index contributed by atoms with van der Waals surface area (Å²) in [4.78, 5) is 48.3. The van der Waals surface area contributed by atoms with E-state index in [9.17, 15) is 24.3 Å². The van der Waals surface area contributed by atoms with Gasteiger partial charge in [-0.05, 0) is 41.5 Å². The molecule has 3 N–H and O–H groups in total. The van der Waals surface area contributed by atoms with E-state index in [0.29, 0.717) is 19.3 Å². The molecule has 176 valence electrons. The topological polar surface area (TPSA) is 125 Å². The van der Waals surface area contributed by atoms with E-state index in [4.69, 9.17) is 4.74 Å². The van der Waals surface area contributed by atoms with Crippen molar-refractivity contribution in [3.05, 3.63) is 59.7 Å². The predicted molar refractivity (Wildman–Crippen MR) is 120 cm³/mol. The van der Waals surface area contributed by atoms with Gasteiger partial charge >= 0.3 is 12.1 Å². The summed E-state index contributed by atoms with van der Waals surface area (Å²) in [5, 5.41) is 13.0. The van der Waals surface area contributed by atoms with Gasteiger partial charge in [0.25, 0.3) is 0 Å². The Morgan fingerprint density at radius 1 is 1.03 bits per heavy atom. The fourth-order valence-corrected chi connectivity index (χ4v) is 5.27. The molecule has 2 aromatic rings. The Bertz CT molecular complexity index is 1120. The Labute approximate surface area is 196 Å². The summed E-state index contributed by atoms with van der Waals surface area (Å²) < 4.78 is 5.58. The maximum Gasteiger partial charge on any atom is 0.407 e. The molecular weight excluding hydrogens is 438 g/mol. The molecule has 5 rings (SSSR count). The van der Waals surface area contributed by atoms with Gasteiger partial charge in [-0.25, -0.2) is 14.6 Å². The summed E-state index contributed by atoms with van der Waals surface area (Å²) in [6.45, 7) is 0.203. The van der Waals surface area contributed by atoms with Crippen molar-refractivity contribution in [1.82, 2.24) is 15.8 Å². The molecule has 0 bridgehead atoms. The monoisotopic (exact) mass is 463 g/mol. The molecule has 3 atom stereocenters. The SMILES string of the molecule is O=C1CC(C(=O)O)N(C(=O)[C@H]2CC[C@@H](NC(=O)OCC3c4ccccc4-c4ccccc43)C2)N1. The van der Waals surface area contributed by atoms with Gasteiger partial charge in [-0.15, -0.1) is 0 Å². The van der Waals surface area contributed by atoms with Crippen LogP contribution in [0.5, 0.6) is 0 Å². The lowest BCUT2D eigenvalue weighted by atomic mass is 9.98. The number of aliphatic carboxylic acids is 1. The van der Waals surface area contributed by atoms with Gasteiger partial charge in [0.05, 0.1) is 6.42 Å². The molecule has 1 aliphatic heterocycles. The lowest BCUT2D eigenvalue weighted by molar-refractivity contribution is -0.152. The number of carboxylic acids is 1. The quantitative estimate of drug-likeness (QED) is 0.625. The van der Waals surface area contributed by atoms with E-state index in [2.05, 4.69) is 35.0 Å². The Morgan fingerprint density at radius 3 is 2.32 bits per heavy atom. The van der Waals surface area contributed by atoms with E-state index < -0.39 is 35.8 Å². The molecule has 1 saturated carbocycles. The van der Waals surface area contributed by atoms with Gasteiger partial charge < -0.3 is 15.2 Å². The number of benzene rings is 2. The third-order valence-corrected chi connectivity index (χ3v) is 6.91. The van der Waals surface area contributed by atoms with Crippen molar-refractivity contribution in [2.45, 2.75) is 43.7 Å². The van der Waals surface area contributed by atoms with Gasteiger partial charge in [-0.1, -0.05) is 48.5 Å². The zero-order chi connectivity index (χ0) is 23.8. The van der Waals surface area contributed by atoms with Gasteiger partial charge in [0.1, 0.15) is 6.61 Å². The van der Waals surface area contributed by atoms with Crippen LogP contribution in [-0.2, 0) is 19.1 Å². The summed E-state index contributed by atoms with van der Waals surface area (Å²) in [5.74, 6) is -2.66. The number of nitrogens with zero attached hydrogens (tertiary/aromatic N) is 1. The lowest BCUT2D eigenvalue weighted by Gasteiger charge is -2.23. The van der Waals surface area contributed by atoms with E-state index in [-0.39, 0.29) is 25.0 Å². The number of hydrogen-bond acceptors (Lipinski definition) is 5. The highest BCUT2D eigenvalue weighted by Crippen LogP contribution is 2.44. The molecule has 0 aromatic heterocycles. The number of ether oxygens (including phenoxy) is 1. The molecule has 3 amide bonds. The molecule has 3 aliphatic rings. The Hall–Kier alpha value is -3.88. The minimum Gasteiger partial charge on any atom is -0.480 e. The smallest absolute Gasteiger partial charge is 0.407 e. The van der Waals surface area contributed by atoms with Crippen molar-refractivity contribution in [2.75, 3.05) is 6.61 Å². The summed E-state index contributed by atoms with van der Waals surface area (Å²) in [7, 11) is 0. The number of carbonyl (C=O) groups is 4. The fourth-order valence-electron chi connectivity index (χ4n) is 5.27. The standard InChI is InChI=1S/C25H25N3O6/c29-22-12-21(24(31)32)28(27-22)23(30)14-9-10-15(11-14)26-25(33)34-13-20-18-7-3-1-5-16(18)17-6-2-4-8-19(17)20/h1-8,14-15,20-21H,9-13H2,(H,26,33)(H,27,29)(H,31,32)/t14-,15+,21?/m0/s1. The van der Waals surface area contributed by atoms with Crippen molar-refractivity contribution in [3.63, 3.8) is 0 Å². The molecule has 0 spiro atoms. The normalized spacial score (nSPS) is 23.2. The first-order valence-corrected chi connectivity index (χ1v) is 11.4. The van der Waals surface area contributed by atoms with Crippen LogP contribution in [0.2, 0.25) is 0 Å². The zero-order valence-electron chi connectivity index (χ0n) is 18.4. The van der Waals surface area contributed by atoms with Gasteiger partial charge in [-0.3, -0.25) is 15.0 Å². The molecular formula is C25H25N3O6. The van der Waals surface area contributed by atoms with Gasteiger partial charge in [0, 0.05) is 17.9 Å². The van der Waals surface area contributed by atoms with E-state index in [1.165, 1.54) is 0 Å². The summed E-state index contributed by atoms with van der Waals surface area (Å²) in [5.41, 5.74) is 6.90. The van der Waals surface area contributed by atoms with E-state index in [0.717, 1.165) is 27.3 Å². The summed E-state index contributed by atoms with van der Waals surface area (Å²) >= 11 is 0. The molecule has 1 saturated heterocycles. The number of rotatable bonds is 5. The minimum atomic E-state index is -1.22. The first kappa shape index (κ1) is 21.9. The molecule has 2 aliphatic carbocycles. The third-order valence-electron chi connectivity index (χ3n) is 6.91. The van der Waals surface area contributed by atoms with Crippen molar-refractivity contribution >= 4 is 23.9 Å². The maximum atomic E-state index is 12.8. The van der Waals surface area contributed by atoms with E-state index in [1.54, 1.807) is 0 Å². The number of hydrogen-bond donors (Lipinski definition) is 3. The second-order valence-corrected chi connectivity index (χ2v) is 8.98. The number of alkyl carbamates (subject to hydrolysis) is 1. The molecule has 9 heteroatoms. The third kappa shape index (κ3) is 3.98. The first-order valence-electron chi connectivity index (χ1n) is 11.4. The molecule has 9 nitrogen and oxygen atoms in total. The molecule has 2 fully saturated rings. The molecule has 0 radical (unpaired) electrons. The van der Waals surface area contributed by atoms with Gasteiger partial charge in [0.15, 0.2) is 6.04 Å². The number of hydrazine groups is 1. The minimum absolute atomic E-state index is 0.0391. The van der Waals surface area contributed by atoms with Crippen molar-refractivity contribution in [1.29, 1.82) is 0 Å². The lowest BCUT2D eigenvalue weighted by Crippen LogP contribution is -2.49. The first-order chi connectivity index (χ1) is 16.4. The van der Waals surface area contributed by atoms with Crippen LogP contribution in [0.1, 0.15) is 42.7 Å². The number of carbonyl (C=O) groups excluding carboxylic acids is 3. The highest BCUT2D eigenvalue weighted by molar-refractivity contribution is 5.94. The van der Waals surface area contributed by atoms with E-state index >= 15 is 0 Å². The average molecular weight is 463 g/mol. The second kappa shape index (κ2) is 8.81. The van der Waals surface area contributed by atoms with Crippen LogP contribution >= 0.6 is 0 Å². The van der Waals surface area contributed by atoms with Crippen LogP contribution in [0.3, 0.4) is 0 Å². The number of carboxylic acid groups (broad SMARTS) is 1. The van der Waals surface area contributed by atoms with Crippen LogP contribution in [0.4, 0.5) is 4.79 Å². The highest BCUT2D eigenvalue weighted by atomic mass is 16.5. The molecule has 1 heterocycles. The van der Waals surface area contributed by atoms with Crippen LogP contribution in [-0.4, -0.2) is 52.7 Å².